The van der Waals surface area contributed by atoms with E-state index in [-0.39, 0.29) is 12.8 Å². The summed E-state index contributed by atoms with van der Waals surface area (Å²) in [6.07, 6.45) is 0.122. The second-order valence-corrected chi connectivity index (χ2v) is 2.26. The molecule has 0 amide bonds. The number of rotatable bonds is 4. The first-order chi connectivity index (χ1) is 5.60. The summed E-state index contributed by atoms with van der Waals surface area (Å²) >= 11 is 0. The van der Waals surface area contributed by atoms with Crippen LogP contribution in [0.1, 0.15) is 12.8 Å². The molecule has 0 aliphatic carbocycles. The van der Waals surface area contributed by atoms with Crippen molar-refractivity contribution in [1.82, 2.24) is 0 Å². The number of esters is 2. The largest absolute Gasteiger partial charge is 0.469 e. The summed E-state index contributed by atoms with van der Waals surface area (Å²) in [5, 5.41) is 0. The van der Waals surface area contributed by atoms with Gasteiger partial charge < -0.3 is 9.47 Å². The molecule has 0 radical (unpaired) electrons. The van der Waals surface area contributed by atoms with E-state index < -0.39 is 11.9 Å². The van der Waals surface area contributed by atoms with Crippen LogP contribution in [0.15, 0.2) is 12.2 Å². The Morgan fingerprint density at radius 1 is 1.08 bits per heavy atom. The third kappa shape index (κ3) is 4.49. The number of carbonyl (C=O) groups excluding carboxylic acids is 2. The van der Waals surface area contributed by atoms with E-state index in [4.69, 9.17) is 0 Å². The molecular formula is C8H12O4. The molecule has 0 unspecified atom stereocenters. The van der Waals surface area contributed by atoms with Crippen LogP contribution in [0.5, 0.6) is 0 Å². The quantitative estimate of drug-likeness (QED) is 0.462. The van der Waals surface area contributed by atoms with Crippen molar-refractivity contribution in [1.29, 1.82) is 0 Å². The average molecular weight is 172 g/mol. The molecule has 0 aliphatic heterocycles. The highest BCUT2D eigenvalue weighted by Gasteiger charge is 2.08. The maximum Gasteiger partial charge on any atom is 0.309 e. The molecule has 4 nitrogen and oxygen atoms in total. The molecule has 0 saturated heterocycles. The zero-order valence-electron chi connectivity index (χ0n) is 7.25. The van der Waals surface area contributed by atoms with Crippen LogP contribution in [0.4, 0.5) is 0 Å². The fourth-order valence-electron chi connectivity index (χ4n) is 0.615. The molecule has 12 heavy (non-hydrogen) atoms. The lowest BCUT2D eigenvalue weighted by atomic mass is 10.1. The molecule has 0 fully saturated rings. The van der Waals surface area contributed by atoms with Gasteiger partial charge in [-0.1, -0.05) is 12.2 Å². The van der Waals surface area contributed by atoms with Crippen LogP contribution in [0.2, 0.25) is 0 Å². The standard InChI is InChI=1S/C8H12O4/c1-6(4-7(9)11-2)5-8(10)12-3/h1,4-5H2,2-3H3. The average Bonchev–Trinajstić information content (AvgIpc) is 2.03. The number of hydrogen-bond acceptors (Lipinski definition) is 4. The van der Waals surface area contributed by atoms with Gasteiger partial charge in [-0.2, -0.15) is 0 Å². The van der Waals surface area contributed by atoms with Crippen molar-refractivity contribution in [3.8, 4) is 0 Å². The number of carbonyl (C=O) groups is 2. The summed E-state index contributed by atoms with van der Waals surface area (Å²) in [6.45, 7) is 3.53. The fourth-order valence-corrected chi connectivity index (χ4v) is 0.615. The molecule has 0 spiro atoms. The highest BCUT2D eigenvalue weighted by atomic mass is 16.5. The predicted octanol–water partition coefficient (Wildman–Crippen LogP) is 0.669. The van der Waals surface area contributed by atoms with Crippen LogP contribution in [0.3, 0.4) is 0 Å². The van der Waals surface area contributed by atoms with E-state index in [1.807, 2.05) is 0 Å². The highest BCUT2D eigenvalue weighted by Crippen LogP contribution is 2.05. The van der Waals surface area contributed by atoms with Crippen LogP contribution < -0.4 is 0 Å². The van der Waals surface area contributed by atoms with Crippen LogP contribution >= 0.6 is 0 Å². The molecule has 0 heterocycles. The van der Waals surface area contributed by atoms with E-state index in [0.717, 1.165) is 0 Å². The highest BCUT2D eigenvalue weighted by molar-refractivity contribution is 5.77. The van der Waals surface area contributed by atoms with Gasteiger partial charge in [-0.25, -0.2) is 0 Å². The minimum atomic E-state index is -0.399. The monoisotopic (exact) mass is 172 g/mol. The number of methoxy groups -OCH3 is 2. The third-order valence-electron chi connectivity index (χ3n) is 1.24. The first kappa shape index (κ1) is 10.7. The Labute approximate surface area is 71.2 Å². The predicted molar refractivity (Wildman–Crippen MR) is 42.4 cm³/mol. The normalized spacial score (nSPS) is 8.83. The minimum absolute atomic E-state index is 0.0611. The summed E-state index contributed by atoms with van der Waals surface area (Å²) in [7, 11) is 2.57. The summed E-state index contributed by atoms with van der Waals surface area (Å²) in [5.74, 6) is -0.798. The lowest BCUT2D eigenvalue weighted by Crippen LogP contribution is -2.06. The van der Waals surface area contributed by atoms with Gasteiger partial charge in [-0.05, 0) is 0 Å². The topological polar surface area (TPSA) is 52.6 Å². The zero-order valence-corrected chi connectivity index (χ0v) is 7.25. The smallest absolute Gasteiger partial charge is 0.309 e. The molecule has 0 N–H and O–H groups in total. The maximum absolute atomic E-state index is 10.7. The summed E-state index contributed by atoms with van der Waals surface area (Å²) in [6, 6.07) is 0. The summed E-state index contributed by atoms with van der Waals surface area (Å²) < 4.78 is 8.77. The Morgan fingerprint density at radius 2 is 1.42 bits per heavy atom. The fraction of sp³-hybridized carbons (Fsp3) is 0.500. The summed E-state index contributed by atoms with van der Waals surface area (Å²) in [5.41, 5.74) is 0.494. The van der Waals surface area contributed by atoms with Crippen molar-refractivity contribution in [3.05, 3.63) is 12.2 Å². The van der Waals surface area contributed by atoms with Gasteiger partial charge in [0.1, 0.15) is 0 Å². The molecule has 0 aromatic carbocycles. The van der Waals surface area contributed by atoms with Gasteiger partial charge in [0.05, 0.1) is 27.1 Å². The van der Waals surface area contributed by atoms with E-state index in [1.54, 1.807) is 0 Å². The van der Waals surface area contributed by atoms with Crippen molar-refractivity contribution in [2.75, 3.05) is 14.2 Å². The minimum Gasteiger partial charge on any atom is -0.469 e. The van der Waals surface area contributed by atoms with Crippen LogP contribution in [-0.2, 0) is 19.1 Å². The van der Waals surface area contributed by atoms with Crippen LogP contribution in [-0.4, -0.2) is 26.2 Å². The molecule has 0 saturated carbocycles. The van der Waals surface area contributed by atoms with Crippen molar-refractivity contribution in [3.63, 3.8) is 0 Å². The zero-order chi connectivity index (χ0) is 9.56. The lowest BCUT2D eigenvalue weighted by molar-refractivity contribution is -0.140. The number of hydrogen-bond donors (Lipinski definition) is 0. The van der Waals surface area contributed by atoms with Gasteiger partial charge in [0, 0.05) is 0 Å². The summed E-state index contributed by atoms with van der Waals surface area (Å²) in [4.78, 5) is 21.3. The van der Waals surface area contributed by atoms with Crippen LogP contribution in [0.25, 0.3) is 0 Å². The number of ether oxygens (including phenoxy) is 2. The Bertz CT molecular complexity index is 175. The van der Waals surface area contributed by atoms with E-state index >= 15 is 0 Å². The van der Waals surface area contributed by atoms with Gasteiger partial charge >= 0.3 is 11.9 Å². The van der Waals surface area contributed by atoms with Crippen molar-refractivity contribution in [2.24, 2.45) is 0 Å². The Morgan fingerprint density at radius 3 is 1.67 bits per heavy atom. The van der Waals surface area contributed by atoms with Gasteiger partial charge in [-0.3, -0.25) is 9.59 Å². The lowest BCUT2D eigenvalue weighted by Gasteiger charge is -2.01. The van der Waals surface area contributed by atoms with Gasteiger partial charge in [0.25, 0.3) is 0 Å². The molecule has 4 heteroatoms. The molecule has 0 atom stereocenters. The molecule has 0 bridgehead atoms. The SMILES string of the molecule is C=C(CC(=O)OC)CC(=O)OC. The van der Waals surface area contributed by atoms with Crippen molar-refractivity contribution in [2.45, 2.75) is 12.8 Å². The molecular weight excluding hydrogens is 160 g/mol. The van der Waals surface area contributed by atoms with E-state index in [1.165, 1.54) is 14.2 Å². The Balaban J connectivity index is 3.74. The molecule has 0 aliphatic rings. The first-order valence-corrected chi connectivity index (χ1v) is 3.40. The Kier molecular flexibility index (Phi) is 4.76. The van der Waals surface area contributed by atoms with Crippen molar-refractivity contribution >= 4 is 11.9 Å². The van der Waals surface area contributed by atoms with Gasteiger partial charge in [0.15, 0.2) is 0 Å². The second kappa shape index (κ2) is 5.35. The van der Waals surface area contributed by atoms with Gasteiger partial charge in [-0.15, -0.1) is 0 Å². The molecule has 0 aromatic rings. The van der Waals surface area contributed by atoms with Gasteiger partial charge in [0.2, 0.25) is 0 Å². The first-order valence-electron chi connectivity index (χ1n) is 3.40. The Hall–Kier alpha value is -1.32. The molecule has 0 aromatic heterocycles. The van der Waals surface area contributed by atoms with Crippen molar-refractivity contribution < 1.29 is 19.1 Å². The molecule has 68 valence electrons. The third-order valence-corrected chi connectivity index (χ3v) is 1.24. The van der Waals surface area contributed by atoms with E-state index in [9.17, 15) is 9.59 Å². The second-order valence-electron chi connectivity index (χ2n) is 2.26. The van der Waals surface area contributed by atoms with E-state index in [2.05, 4.69) is 16.1 Å². The van der Waals surface area contributed by atoms with E-state index in [0.29, 0.717) is 5.57 Å². The molecule has 0 rings (SSSR count). The maximum atomic E-state index is 10.7. The van der Waals surface area contributed by atoms with Crippen LogP contribution in [0, 0.1) is 0 Å².